The van der Waals surface area contributed by atoms with Crippen molar-refractivity contribution in [2.75, 3.05) is 20.2 Å². The number of fused-ring (bicyclic) bond motifs is 1. The first-order chi connectivity index (χ1) is 14.0. The highest BCUT2D eigenvalue weighted by atomic mass is 16.5. The third-order valence-corrected chi connectivity index (χ3v) is 5.40. The maximum absolute atomic E-state index is 12.9. The van der Waals surface area contributed by atoms with Crippen molar-refractivity contribution < 1.29 is 14.3 Å². The van der Waals surface area contributed by atoms with Gasteiger partial charge >= 0.3 is 5.97 Å². The minimum atomic E-state index is -0.293. The van der Waals surface area contributed by atoms with Crippen LogP contribution in [-0.4, -0.2) is 51.6 Å². The smallest absolute Gasteiger partial charge is 0.312 e. The van der Waals surface area contributed by atoms with Gasteiger partial charge in [0.15, 0.2) is 5.65 Å². The number of aryl methyl sites for hydroxylation is 1. The number of aromatic nitrogens is 3. The number of esters is 1. The van der Waals surface area contributed by atoms with Crippen molar-refractivity contribution in [1.29, 1.82) is 0 Å². The van der Waals surface area contributed by atoms with Gasteiger partial charge in [-0.15, -0.1) is 0 Å². The number of amides is 1. The fraction of sp³-hybridized carbons (Fsp3) is 0.333. The molecule has 0 atom stereocenters. The summed E-state index contributed by atoms with van der Waals surface area (Å²) >= 11 is 0. The van der Waals surface area contributed by atoms with Crippen molar-refractivity contribution >= 4 is 17.5 Å². The van der Waals surface area contributed by atoms with Crippen LogP contribution in [0.4, 0.5) is 0 Å². The van der Waals surface area contributed by atoms with Crippen LogP contribution in [0, 0.1) is 12.8 Å². The molecular weight excluding hydrogens is 372 g/mol. The van der Waals surface area contributed by atoms with E-state index >= 15 is 0 Å². The molecule has 0 unspecified atom stereocenters. The van der Waals surface area contributed by atoms with E-state index in [1.807, 2.05) is 30.3 Å². The average molecular weight is 394 g/mol. The molecule has 0 bridgehead atoms. The summed E-state index contributed by atoms with van der Waals surface area (Å²) in [4.78, 5) is 43.0. The second kappa shape index (κ2) is 7.54. The molecule has 0 aliphatic carbocycles. The van der Waals surface area contributed by atoms with Crippen LogP contribution in [0.3, 0.4) is 0 Å². The fourth-order valence-electron chi connectivity index (χ4n) is 3.66. The Hall–Kier alpha value is -3.42. The van der Waals surface area contributed by atoms with E-state index in [0.717, 1.165) is 11.1 Å². The van der Waals surface area contributed by atoms with Gasteiger partial charge in [-0.25, -0.2) is 9.50 Å². The number of benzene rings is 1. The number of likely N-dealkylation sites (tertiary alicyclic amines) is 1. The third-order valence-electron chi connectivity index (χ3n) is 5.40. The zero-order valence-corrected chi connectivity index (χ0v) is 16.3. The minimum absolute atomic E-state index is 0.0782. The molecule has 2 aromatic heterocycles. The summed E-state index contributed by atoms with van der Waals surface area (Å²) in [7, 11) is 1.34. The SMILES string of the molecule is COC(=O)C1CN(C(=O)CCc2c(C)nc3c(-c4ccccc4)c[nH]n3c2=O)C1. The number of rotatable bonds is 5. The first-order valence-corrected chi connectivity index (χ1v) is 9.50. The summed E-state index contributed by atoms with van der Waals surface area (Å²) in [6.07, 6.45) is 2.27. The van der Waals surface area contributed by atoms with Gasteiger partial charge in [-0.05, 0) is 18.9 Å². The molecule has 1 N–H and O–H groups in total. The van der Waals surface area contributed by atoms with Gasteiger partial charge in [0.2, 0.25) is 5.91 Å². The van der Waals surface area contributed by atoms with E-state index in [4.69, 9.17) is 0 Å². The molecule has 1 aliphatic heterocycles. The van der Waals surface area contributed by atoms with Crippen LogP contribution in [-0.2, 0) is 20.7 Å². The lowest BCUT2D eigenvalue weighted by atomic mass is 9.99. The molecule has 0 saturated carbocycles. The van der Waals surface area contributed by atoms with E-state index in [2.05, 4.69) is 14.8 Å². The number of carbonyl (C=O) groups excluding carboxylic acids is 2. The van der Waals surface area contributed by atoms with E-state index in [1.54, 1.807) is 18.0 Å². The van der Waals surface area contributed by atoms with Gasteiger partial charge in [0.05, 0.1) is 13.0 Å². The largest absolute Gasteiger partial charge is 0.469 e. The van der Waals surface area contributed by atoms with Crippen molar-refractivity contribution in [3.05, 3.63) is 58.1 Å². The first kappa shape index (κ1) is 18.9. The Morgan fingerprint density at radius 3 is 2.66 bits per heavy atom. The van der Waals surface area contributed by atoms with Crippen LogP contribution in [0.25, 0.3) is 16.8 Å². The highest BCUT2D eigenvalue weighted by Crippen LogP contribution is 2.23. The molecule has 29 heavy (non-hydrogen) atoms. The number of nitrogens with zero attached hydrogens (tertiary/aromatic N) is 3. The number of methoxy groups -OCH3 is 1. The standard InChI is InChI=1S/C21H22N4O4/c1-13-16(8-9-18(26)24-11-15(12-24)21(28)29-2)20(27)25-19(23-13)17(10-22-25)14-6-4-3-5-7-14/h3-7,10,15,22H,8-9,11-12H2,1-2H3. The molecule has 4 rings (SSSR count). The Morgan fingerprint density at radius 2 is 1.97 bits per heavy atom. The third kappa shape index (κ3) is 3.41. The predicted octanol–water partition coefficient (Wildman–Crippen LogP) is 1.56. The molecule has 150 valence electrons. The highest BCUT2D eigenvalue weighted by molar-refractivity contribution is 5.82. The quantitative estimate of drug-likeness (QED) is 0.663. The normalized spacial score (nSPS) is 14.1. The maximum Gasteiger partial charge on any atom is 0.312 e. The summed E-state index contributed by atoms with van der Waals surface area (Å²) in [5.41, 5.74) is 3.33. The Kier molecular flexibility index (Phi) is 4.92. The molecule has 3 heterocycles. The molecule has 0 spiro atoms. The zero-order valence-electron chi connectivity index (χ0n) is 16.3. The van der Waals surface area contributed by atoms with E-state index in [-0.39, 0.29) is 29.8 Å². The van der Waals surface area contributed by atoms with Crippen LogP contribution < -0.4 is 5.56 Å². The zero-order chi connectivity index (χ0) is 20.5. The van der Waals surface area contributed by atoms with Gasteiger partial charge in [0, 0.05) is 42.5 Å². The molecule has 8 nitrogen and oxygen atoms in total. The Balaban J connectivity index is 1.51. The minimum Gasteiger partial charge on any atom is -0.469 e. The van der Waals surface area contributed by atoms with Crippen molar-refractivity contribution in [3.8, 4) is 11.1 Å². The molecular formula is C21H22N4O4. The van der Waals surface area contributed by atoms with Crippen LogP contribution in [0.15, 0.2) is 41.3 Å². The van der Waals surface area contributed by atoms with Crippen molar-refractivity contribution in [2.45, 2.75) is 19.8 Å². The predicted molar refractivity (Wildman–Crippen MR) is 106 cm³/mol. The average Bonchev–Trinajstić information content (AvgIpc) is 3.11. The number of ether oxygens (including phenoxy) is 1. The van der Waals surface area contributed by atoms with E-state index in [9.17, 15) is 14.4 Å². The molecule has 1 aromatic carbocycles. The van der Waals surface area contributed by atoms with Gasteiger partial charge in [0.25, 0.3) is 5.56 Å². The summed E-state index contributed by atoms with van der Waals surface area (Å²) in [5.74, 6) is -0.617. The molecule has 0 radical (unpaired) electrons. The number of nitrogens with one attached hydrogen (secondary N) is 1. The number of aromatic amines is 1. The van der Waals surface area contributed by atoms with Gasteiger partial charge < -0.3 is 9.64 Å². The van der Waals surface area contributed by atoms with Crippen molar-refractivity contribution in [1.82, 2.24) is 19.5 Å². The Bertz CT molecular complexity index is 1130. The molecule has 3 aromatic rings. The topological polar surface area (TPSA) is 96.8 Å². The van der Waals surface area contributed by atoms with Gasteiger partial charge in [0.1, 0.15) is 0 Å². The molecule has 1 amide bonds. The molecule has 1 aliphatic rings. The summed E-state index contributed by atoms with van der Waals surface area (Å²) in [5, 5.41) is 2.97. The van der Waals surface area contributed by atoms with Crippen LogP contribution in [0.1, 0.15) is 17.7 Å². The van der Waals surface area contributed by atoms with E-state index in [1.165, 1.54) is 11.6 Å². The first-order valence-electron chi connectivity index (χ1n) is 9.50. The number of carbonyl (C=O) groups is 2. The number of hydrogen-bond acceptors (Lipinski definition) is 5. The van der Waals surface area contributed by atoms with Crippen LogP contribution in [0.2, 0.25) is 0 Å². The maximum atomic E-state index is 12.9. The second-order valence-electron chi connectivity index (χ2n) is 7.21. The highest BCUT2D eigenvalue weighted by Gasteiger charge is 2.36. The molecule has 1 fully saturated rings. The number of H-pyrrole nitrogens is 1. The van der Waals surface area contributed by atoms with Crippen molar-refractivity contribution in [2.24, 2.45) is 5.92 Å². The molecule has 8 heteroatoms. The van der Waals surface area contributed by atoms with Gasteiger partial charge in [-0.1, -0.05) is 30.3 Å². The van der Waals surface area contributed by atoms with Crippen LogP contribution >= 0.6 is 0 Å². The van der Waals surface area contributed by atoms with Gasteiger partial charge in [-0.2, -0.15) is 0 Å². The Morgan fingerprint density at radius 1 is 1.24 bits per heavy atom. The Labute approximate surface area is 167 Å². The van der Waals surface area contributed by atoms with E-state index in [0.29, 0.717) is 36.4 Å². The second-order valence-corrected chi connectivity index (χ2v) is 7.21. The lowest BCUT2D eigenvalue weighted by Gasteiger charge is -2.37. The lowest BCUT2D eigenvalue weighted by Crippen LogP contribution is -2.53. The van der Waals surface area contributed by atoms with E-state index < -0.39 is 0 Å². The van der Waals surface area contributed by atoms with Crippen molar-refractivity contribution in [3.63, 3.8) is 0 Å². The lowest BCUT2D eigenvalue weighted by molar-refractivity contribution is -0.155. The van der Waals surface area contributed by atoms with Crippen LogP contribution in [0.5, 0.6) is 0 Å². The monoisotopic (exact) mass is 394 g/mol. The fourth-order valence-corrected chi connectivity index (χ4v) is 3.66. The van der Waals surface area contributed by atoms with Gasteiger partial charge in [-0.3, -0.25) is 19.5 Å². The molecule has 1 saturated heterocycles. The number of hydrogen-bond donors (Lipinski definition) is 1. The summed E-state index contributed by atoms with van der Waals surface area (Å²) < 4.78 is 6.11. The summed E-state index contributed by atoms with van der Waals surface area (Å²) in [6, 6.07) is 9.73. The summed E-state index contributed by atoms with van der Waals surface area (Å²) in [6.45, 7) is 2.54.